The van der Waals surface area contributed by atoms with Crippen molar-refractivity contribution in [2.75, 3.05) is 0 Å². The van der Waals surface area contributed by atoms with Crippen molar-refractivity contribution in [1.82, 2.24) is 9.55 Å². The number of rotatable bonds is 2. The first kappa shape index (κ1) is 10.2. The maximum Gasteiger partial charge on any atom is 0.372 e. The molecule has 15 heavy (non-hydrogen) atoms. The molecule has 0 radical (unpaired) electrons. The summed E-state index contributed by atoms with van der Waals surface area (Å²) in [7, 11) is 1.74. The van der Waals surface area contributed by atoms with Gasteiger partial charge >= 0.3 is 5.97 Å². The van der Waals surface area contributed by atoms with Gasteiger partial charge in [-0.05, 0) is 12.8 Å². The molecule has 1 fully saturated rings. The molecular formula is C11H16N2O2. The number of hydrogen-bond acceptors (Lipinski definition) is 2. The fourth-order valence-corrected chi connectivity index (χ4v) is 2.28. The molecule has 0 amide bonds. The Kier molecular flexibility index (Phi) is 2.75. The van der Waals surface area contributed by atoms with Crippen LogP contribution in [-0.2, 0) is 7.05 Å². The zero-order valence-corrected chi connectivity index (χ0v) is 8.94. The molecule has 82 valence electrons. The van der Waals surface area contributed by atoms with Crippen LogP contribution in [0.15, 0.2) is 6.20 Å². The lowest BCUT2D eigenvalue weighted by Crippen LogP contribution is -2.06. The van der Waals surface area contributed by atoms with E-state index < -0.39 is 5.97 Å². The third-order valence-electron chi connectivity index (χ3n) is 3.11. The summed E-state index contributed by atoms with van der Waals surface area (Å²) in [6.07, 6.45) is 7.94. The highest BCUT2D eigenvalue weighted by atomic mass is 16.4. The first-order chi connectivity index (χ1) is 7.18. The quantitative estimate of drug-likeness (QED) is 0.810. The van der Waals surface area contributed by atoms with Crippen LogP contribution in [0.1, 0.15) is 54.3 Å². The highest BCUT2D eigenvalue weighted by Crippen LogP contribution is 2.31. The lowest BCUT2D eigenvalue weighted by atomic mass is 9.87. The van der Waals surface area contributed by atoms with Crippen LogP contribution in [0.3, 0.4) is 0 Å². The second-order valence-electron chi connectivity index (χ2n) is 4.24. The summed E-state index contributed by atoms with van der Waals surface area (Å²) in [6.45, 7) is 0. The van der Waals surface area contributed by atoms with Gasteiger partial charge < -0.3 is 9.67 Å². The van der Waals surface area contributed by atoms with Gasteiger partial charge in [0.1, 0.15) is 0 Å². The fraction of sp³-hybridized carbons (Fsp3) is 0.636. The van der Waals surface area contributed by atoms with Crippen LogP contribution < -0.4 is 0 Å². The zero-order valence-electron chi connectivity index (χ0n) is 8.94. The standard InChI is InChI=1S/C11H16N2O2/c1-13-7-9(12-10(13)11(14)15)8-5-3-2-4-6-8/h7-8H,2-6H2,1H3,(H,14,15). The Morgan fingerprint density at radius 3 is 2.67 bits per heavy atom. The van der Waals surface area contributed by atoms with Gasteiger partial charge in [-0.1, -0.05) is 19.3 Å². The third-order valence-corrected chi connectivity index (χ3v) is 3.11. The van der Waals surface area contributed by atoms with Gasteiger partial charge in [0.2, 0.25) is 5.82 Å². The van der Waals surface area contributed by atoms with Crippen LogP contribution in [0.2, 0.25) is 0 Å². The predicted molar refractivity (Wildman–Crippen MR) is 56.0 cm³/mol. The Morgan fingerprint density at radius 1 is 1.47 bits per heavy atom. The molecule has 4 nitrogen and oxygen atoms in total. The Hall–Kier alpha value is -1.32. The molecule has 1 saturated carbocycles. The lowest BCUT2D eigenvalue weighted by Gasteiger charge is -2.19. The lowest BCUT2D eigenvalue weighted by molar-refractivity contribution is 0.0679. The average molecular weight is 208 g/mol. The van der Waals surface area contributed by atoms with Crippen LogP contribution in [0.25, 0.3) is 0 Å². The summed E-state index contributed by atoms with van der Waals surface area (Å²) in [6, 6.07) is 0. The van der Waals surface area contributed by atoms with Crippen molar-refractivity contribution in [2.24, 2.45) is 7.05 Å². The molecule has 0 atom stereocenters. The van der Waals surface area contributed by atoms with E-state index in [-0.39, 0.29) is 5.82 Å². The van der Waals surface area contributed by atoms with Crippen molar-refractivity contribution >= 4 is 5.97 Å². The third kappa shape index (κ3) is 2.03. The molecule has 0 spiro atoms. The van der Waals surface area contributed by atoms with E-state index in [2.05, 4.69) is 4.98 Å². The number of aromatic nitrogens is 2. The molecule has 1 aliphatic carbocycles. The summed E-state index contributed by atoms with van der Waals surface area (Å²) >= 11 is 0. The van der Waals surface area contributed by atoms with Crippen LogP contribution in [0.4, 0.5) is 0 Å². The molecule has 1 aromatic heterocycles. The minimum absolute atomic E-state index is 0.149. The van der Waals surface area contributed by atoms with Gasteiger partial charge in [-0.2, -0.15) is 0 Å². The number of carbonyl (C=O) groups is 1. The van der Waals surface area contributed by atoms with E-state index in [9.17, 15) is 4.79 Å². The Bertz CT molecular complexity index is 365. The van der Waals surface area contributed by atoms with Crippen molar-refractivity contribution in [3.63, 3.8) is 0 Å². The minimum Gasteiger partial charge on any atom is -0.475 e. The first-order valence-corrected chi connectivity index (χ1v) is 5.45. The largest absolute Gasteiger partial charge is 0.475 e. The summed E-state index contributed by atoms with van der Waals surface area (Å²) in [5, 5.41) is 8.89. The summed E-state index contributed by atoms with van der Waals surface area (Å²) in [5.74, 6) is -0.326. The van der Waals surface area contributed by atoms with Crippen molar-refractivity contribution < 1.29 is 9.90 Å². The van der Waals surface area contributed by atoms with Gasteiger partial charge in [0.05, 0.1) is 5.69 Å². The van der Waals surface area contributed by atoms with Gasteiger partial charge in [-0.25, -0.2) is 9.78 Å². The summed E-state index contributed by atoms with van der Waals surface area (Å²) in [5.41, 5.74) is 0.953. The van der Waals surface area contributed by atoms with E-state index in [0.29, 0.717) is 5.92 Å². The average Bonchev–Trinajstić information content (AvgIpc) is 2.62. The number of imidazole rings is 1. The maximum atomic E-state index is 10.8. The van der Waals surface area contributed by atoms with Gasteiger partial charge in [0.15, 0.2) is 0 Å². The first-order valence-electron chi connectivity index (χ1n) is 5.45. The molecule has 4 heteroatoms. The van der Waals surface area contributed by atoms with Crippen LogP contribution >= 0.6 is 0 Å². The van der Waals surface area contributed by atoms with Gasteiger partial charge in [0, 0.05) is 19.2 Å². The molecule has 2 rings (SSSR count). The van der Waals surface area contributed by atoms with E-state index in [4.69, 9.17) is 5.11 Å². The number of aryl methyl sites for hydroxylation is 1. The Morgan fingerprint density at radius 2 is 2.13 bits per heavy atom. The Labute approximate surface area is 88.9 Å². The number of aromatic carboxylic acids is 1. The van der Waals surface area contributed by atoms with Crippen LogP contribution in [0.5, 0.6) is 0 Å². The second kappa shape index (κ2) is 4.04. The fourth-order valence-electron chi connectivity index (χ4n) is 2.28. The highest BCUT2D eigenvalue weighted by molar-refractivity contribution is 5.83. The van der Waals surface area contributed by atoms with Crippen LogP contribution in [0, 0.1) is 0 Å². The number of nitrogens with zero attached hydrogens (tertiary/aromatic N) is 2. The molecule has 1 aromatic rings. The van der Waals surface area contributed by atoms with Crippen LogP contribution in [-0.4, -0.2) is 20.6 Å². The number of carboxylic acids is 1. The van der Waals surface area contributed by atoms with E-state index in [0.717, 1.165) is 18.5 Å². The topological polar surface area (TPSA) is 55.1 Å². The van der Waals surface area contributed by atoms with Gasteiger partial charge in [0.25, 0.3) is 0 Å². The molecule has 0 saturated heterocycles. The van der Waals surface area contributed by atoms with Crippen molar-refractivity contribution in [3.05, 3.63) is 17.7 Å². The van der Waals surface area contributed by atoms with Gasteiger partial charge in [-0.15, -0.1) is 0 Å². The molecule has 1 N–H and O–H groups in total. The number of carboxylic acid groups (broad SMARTS) is 1. The van der Waals surface area contributed by atoms with E-state index in [1.807, 2.05) is 6.20 Å². The molecule has 0 bridgehead atoms. The molecule has 0 unspecified atom stereocenters. The summed E-state index contributed by atoms with van der Waals surface area (Å²) < 4.78 is 1.60. The monoisotopic (exact) mass is 208 g/mol. The normalized spacial score (nSPS) is 17.9. The van der Waals surface area contributed by atoms with E-state index >= 15 is 0 Å². The molecule has 0 aliphatic heterocycles. The molecular weight excluding hydrogens is 192 g/mol. The maximum absolute atomic E-state index is 10.8. The zero-order chi connectivity index (χ0) is 10.8. The predicted octanol–water partition coefficient (Wildman–Crippen LogP) is 2.17. The Balaban J connectivity index is 2.21. The highest BCUT2D eigenvalue weighted by Gasteiger charge is 2.20. The summed E-state index contributed by atoms with van der Waals surface area (Å²) in [4.78, 5) is 15.0. The SMILES string of the molecule is Cn1cc(C2CCCCC2)nc1C(=O)O. The van der Waals surface area contributed by atoms with E-state index in [1.54, 1.807) is 11.6 Å². The van der Waals surface area contributed by atoms with E-state index in [1.165, 1.54) is 19.3 Å². The van der Waals surface area contributed by atoms with Gasteiger partial charge in [-0.3, -0.25) is 0 Å². The number of hydrogen-bond donors (Lipinski definition) is 1. The molecule has 1 aliphatic rings. The molecule has 1 heterocycles. The minimum atomic E-state index is -0.945. The van der Waals surface area contributed by atoms with Crippen molar-refractivity contribution in [2.45, 2.75) is 38.0 Å². The van der Waals surface area contributed by atoms with Crippen molar-refractivity contribution in [1.29, 1.82) is 0 Å². The van der Waals surface area contributed by atoms with Crippen molar-refractivity contribution in [3.8, 4) is 0 Å². The smallest absolute Gasteiger partial charge is 0.372 e. The molecule has 0 aromatic carbocycles. The second-order valence-corrected chi connectivity index (χ2v) is 4.24.